The highest BCUT2D eigenvalue weighted by molar-refractivity contribution is 6.32. The second-order valence-electron chi connectivity index (χ2n) is 12.0. The average molecular weight is 738 g/mol. The second-order valence-corrected chi connectivity index (χ2v) is 12.4. The maximum Gasteiger partial charge on any atom is 0.417 e. The summed E-state index contributed by atoms with van der Waals surface area (Å²) in [6, 6.07) is 36.5. The van der Waals surface area contributed by atoms with Crippen LogP contribution in [0.2, 0.25) is 5.02 Å². The number of benzene rings is 5. The smallest absolute Gasteiger partial charge is 0.417 e. The number of anilines is 1. The van der Waals surface area contributed by atoms with Crippen molar-refractivity contribution in [3.8, 4) is 17.2 Å². The van der Waals surface area contributed by atoms with Gasteiger partial charge < -0.3 is 19.1 Å². The molecule has 5 aromatic carbocycles. The number of fused-ring (bicyclic) bond motifs is 1. The molecule has 0 radical (unpaired) electrons. The van der Waals surface area contributed by atoms with Crippen molar-refractivity contribution in [1.29, 1.82) is 0 Å². The maximum absolute atomic E-state index is 13.7. The van der Waals surface area contributed by atoms with Crippen LogP contribution in [0.15, 0.2) is 121 Å². The molecule has 6 rings (SSSR count). The highest BCUT2D eigenvalue weighted by Crippen LogP contribution is 2.37. The summed E-state index contributed by atoms with van der Waals surface area (Å²) in [6.45, 7) is 1.77. The van der Waals surface area contributed by atoms with Crippen LogP contribution in [0.1, 0.15) is 45.0 Å². The first-order valence-corrected chi connectivity index (χ1v) is 16.6. The van der Waals surface area contributed by atoms with Crippen LogP contribution in [0.4, 0.5) is 18.9 Å². The van der Waals surface area contributed by atoms with Crippen LogP contribution < -0.4 is 19.1 Å². The predicted molar refractivity (Wildman–Crippen MR) is 196 cm³/mol. The molecule has 6 nitrogen and oxygen atoms in total. The number of rotatable bonds is 13. The first-order valence-electron chi connectivity index (χ1n) is 16.2. The lowest BCUT2D eigenvalue weighted by molar-refractivity contribution is -0.137. The van der Waals surface area contributed by atoms with Crippen molar-refractivity contribution in [1.82, 2.24) is 4.90 Å². The van der Waals surface area contributed by atoms with Crippen molar-refractivity contribution in [2.24, 2.45) is 0 Å². The zero-order valence-electron chi connectivity index (χ0n) is 27.8. The average Bonchev–Trinajstić information content (AvgIpc) is 3.61. The van der Waals surface area contributed by atoms with Gasteiger partial charge >= 0.3 is 6.18 Å². The molecule has 5 aromatic rings. The molecule has 51 heavy (non-hydrogen) atoms. The van der Waals surface area contributed by atoms with Gasteiger partial charge in [-0.3, -0.25) is 9.69 Å². The van der Waals surface area contributed by atoms with E-state index in [4.69, 9.17) is 25.8 Å². The van der Waals surface area contributed by atoms with E-state index in [1.165, 1.54) is 11.0 Å². The van der Waals surface area contributed by atoms with Gasteiger partial charge in [-0.25, -0.2) is 0 Å². The van der Waals surface area contributed by atoms with Crippen LogP contribution in [-0.4, -0.2) is 44.3 Å². The molecule has 1 aliphatic rings. The minimum Gasteiger partial charge on any atom is -0.493 e. The molecule has 1 aliphatic heterocycles. The van der Waals surface area contributed by atoms with Gasteiger partial charge in [0.1, 0.15) is 5.75 Å². The van der Waals surface area contributed by atoms with Gasteiger partial charge in [-0.05, 0) is 59.5 Å². The molecule has 0 unspecified atom stereocenters. The van der Waals surface area contributed by atoms with E-state index in [9.17, 15) is 18.0 Å². The number of ether oxygens (including phenoxy) is 3. The molecule has 0 spiro atoms. The Morgan fingerprint density at radius 3 is 2.20 bits per heavy atom. The molecule has 0 bridgehead atoms. The summed E-state index contributed by atoms with van der Waals surface area (Å²) in [6.07, 6.45) is -3.97. The summed E-state index contributed by atoms with van der Waals surface area (Å²) < 4.78 is 58.1. The van der Waals surface area contributed by atoms with Crippen LogP contribution in [0, 0.1) is 0 Å². The Hall–Kier alpha value is -4.70. The van der Waals surface area contributed by atoms with E-state index in [0.29, 0.717) is 60.2 Å². The van der Waals surface area contributed by atoms with Crippen molar-refractivity contribution >= 4 is 35.6 Å². The predicted octanol–water partition coefficient (Wildman–Crippen LogP) is 9.89. The van der Waals surface area contributed by atoms with Gasteiger partial charge in [0, 0.05) is 49.9 Å². The number of carbonyl (C=O) groups excluding carboxylic acids is 1. The SMILES string of the molecule is CN(C(=O)c1ccc2c(c1)OCO2)c1cccc(OCCCN(Cc2cccc(C(F)(F)F)c2Cl)CC(c2ccccc2)c2ccccc2)c1.Cl. The Morgan fingerprint density at radius 2 is 1.51 bits per heavy atom. The van der Waals surface area contributed by atoms with Gasteiger partial charge in [-0.2, -0.15) is 13.2 Å². The molecular formula is C40H37Cl2F3N2O4. The fourth-order valence-electron chi connectivity index (χ4n) is 6.03. The van der Waals surface area contributed by atoms with Crippen molar-refractivity contribution < 1.29 is 32.2 Å². The van der Waals surface area contributed by atoms with E-state index < -0.39 is 11.7 Å². The third kappa shape index (κ3) is 9.35. The highest BCUT2D eigenvalue weighted by Gasteiger charge is 2.34. The molecule has 266 valence electrons. The maximum atomic E-state index is 13.7. The Labute approximate surface area is 306 Å². The van der Waals surface area contributed by atoms with E-state index in [1.807, 2.05) is 54.6 Å². The van der Waals surface area contributed by atoms with Crippen LogP contribution in [-0.2, 0) is 12.7 Å². The van der Waals surface area contributed by atoms with Crippen LogP contribution >= 0.6 is 24.0 Å². The highest BCUT2D eigenvalue weighted by atomic mass is 35.5. The van der Waals surface area contributed by atoms with E-state index in [2.05, 4.69) is 29.2 Å². The number of hydrogen-bond acceptors (Lipinski definition) is 5. The first-order chi connectivity index (χ1) is 24.2. The topological polar surface area (TPSA) is 51.2 Å². The summed E-state index contributed by atoms with van der Waals surface area (Å²) >= 11 is 6.36. The summed E-state index contributed by atoms with van der Waals surface area (Å²) in [5, 5.41) is -0.284. The quantitative estimate of drug-likeness (QED) is 0.113. The Kier molecular flexibility index (Phi) is 12.5. The monoisotopic (exact) mass is 736 g/mol. The van der Waals surface area contributed by atoms with Crippen molar-refractivity contribution in [2.45, 2.75) is 25.1 Å². The van der Waals surface area contributed by atoms with E-state index in [0.717, 1.165) is 17.2 Å². The third-order valence-electron chi connectivity index (χ3n) is 8.64. The lowest BCUT2D eigenvalue weighted by Crippen LogP contribution is -2.31. The van der Waals surface area contributed by atoms with Gasteiger partial charge in [0.05, 0.1) is 17.2 Å². The van der Waals surface area contributed by atoms with Crippen molar-refractivity contribution in [3.05, 3.63) is 154 Å². The van der Waals surface area contributed by atoms with Gasteiger partial charge in [-0.15, -0.1) is 12.4 Å². The number of halogens is 5. The van der Waals surface area contributed by atoms with E-state index in [-0.39, 0.29) is 42.6 Å². The van der Waals surface area contributed by atoms with E-state index in [1.54, 1.807) is 37.4 Å². The fourth-order valence-corrected chi connectivity index (χ4v) is 6.32. The lowest BCUT2D eigenvalue weighted by atomic mass is 9.90. The van der Waals surface area contributed by atoms with Crippen LogP contribution in [0.3, 0.4) is 0 Å². The summed E-state index contributed by atoms with van der Waals surface area (Å²) in [5.74, 6) is 1.48. The summed E-state index contributed by atoms with van der Waals surface area (Å²) in [7, 11) is 1.69. The van der Waals surface area contributed by atoms with Gasteiger partial charge in [0.25, 0.3) is 5.91 Å². The summed E-state index contributed by atoms with van der Waals surface area (Å²) in [4.78, 5) is 16.9. The van der Waals surface area contributed by atoms with Gasteiger partial charge in [0.2, 0.25) is 6.79 Å². The Bertz CT molecular complexity index is 1870. The first kappa shape index (κ1) is 37.6. The molecule has 0 aliphatic carbocycles. The van der Waals surface area contributed by atoms with Crippen molar-refractivity contribution in [2.75, 3.05) is 38.4 Å². The normalized spacial score (nSPS) is 12.1. The molecular weight excluding hydrogens is 700 g/mol. The minimum absolute atomic E-state index is 0. The van der Waals surface area contributed by atoms with Gasteiger partial charge in [0.15, 0.2) is 11.5 Å². The number of nitrogens with zero attached hydrogens (tertiary/aromatic N) is 2. The molecule has 0 saturated heterocycles. The van der Waals surface area contributed by atoms with Gasteiger partial charge in [-0.1, -0.05) is 90.5 Å². The van der Waals surface area contributed by atoms with Crippen LogP contribution in [0.5, 0.6) is 17.2 Å². The fraction of sp³-hybridized carbons (Fsp3) is 0.225. The number of alkyl halides is 3. The molecule has 0 fully saturated rings. The van der Waals surface area contributed by atoms with Crippen LogP contribution in [0.25, 0.3) is 0 Å². The zero-order valence-corrected chi connectivity index (χ0v) is 29.4. The van der Waals surface area contributed by atoms with E-state index >= 15 is 0 Å². The number of hydrogen-bond donors (Lipinski definition) is 0. The molecule has 11 heteroatoms. The molecule has 0 atom stereocenters. The Balaban J connectivity index is 0.00000504. The molecule has 0 N–H and O–H groups in total. The Morgan fingerprint density at radius 1 is 0.843 bits per heavy atom. The third-order valence-corrected chi connectivity index (χ3v) is 9.09. The zero-order chi connectivity index (χ0) is 35.1. The largest absolute Gasteiger partial charge is 0.493 e. The standard InChI is InChI=1S/C40H36ClF3N2O4.ClH/c1-45(39(47)30-19-20-36-37(23-30)50-27-49-36)32-16-9-17-33(24-32)48-22-10-21-46(25-31-15-8-18-35(38(31)41)40(42,43)44)26-34(28-11-4-2-5-12-28)29-13-6-3-7-14-29;/h2-9,11-20,23-24,34H,10,21-22,25-27H2,1H3;1H. The lowest BCUT2D eigenvalue weighted by Gasteiger charge is -2.29. The summed E-state index contributed by atoms with van der Waals surface area (Å²) in [5.41, 5.74) is 2.89. The molecule has 1 amide bonds. The molecule has 0 saturated carbocycles. The molecule has 1 heterocycles. The molecule has 0 aromatic heterocycles. The second kappa shape index (κ2) is 17.0. The number of carbonyl (C=O) groups is 1. The van der Waals surface area contributed by atoms with Crippen molar-refractivity contribution in [3.63, 3.8) is 0 Å². The number of amides is 1. The minimum atomic E-state index is -4.56.